The van der Waals surface area contributed by atoms with Gasteiger partial charge in [0.25, 0.3) is 0 Å². The maximum Gasteiger partial charge on any atom is 0.0724 e. The molecule has 2 rings (SSSR count). The quantitative estimate of drug-likeness (QED) is 0.656. The third-order valence-electron chi connectivity index (χ3n) is 3.00. The average molecular weight is 292 g/mol. The Bertz CT molecular complexity index is 571. The largest absolute Gasteiger partial charge is 0.282 e. The molecule has 0 saturated carbocycles. The molecule has 1 nitrogen and oxygen atoms in total. The number of hydrogen-bond acceptors (Lipinski definition) is 1. The highest BCUT2D eigenvalue weighted by atomic mass is 35.5. The summed E-state index contributed by atoms with van der Waals surface area (Å²) in [6.07, 6.45) is 0. The van der Waals surface area contributed by atoms with Crippen molar-refractivity contribution in [1.82, 2.24) is 0 Å². The van der Waals surface area contributed by atoms with Crippen molar-refractivity contribution < 1.29 is 0 Å². The molecule has 0 bridgehead atoms. The van der Waals surface area contributed by atoms with E-state index in [4.69, 9.17) is 28.2 Å². The topological polar surface area (TPSA) is 12.4 Å². The van der Waals surface area contributed by atoms with Crippen LogP contribution in [0.2, 0.25) is 10.0 Å². The van der Waals surface area contributed by atoms with Crippen LogP contribution in [0, 0.1) is 0 Å². The summed E-state index contributed by atoms with van der Waals surface area (Å²) in [5.74, 6) is 0. The zero-order chi connectivity index (χ0) is 13.8. The van der Waals surface area contributed by atoms with E-state index in [1.807, 2.05) is 55.5 Å². The van der Waals surface area contributed by atoms with Crippen molar-refractivity contribution in [3.63, 3.8) is 0 Å². The summed E-state index contributed by atoms with van der Waals surface area (Å²) in [6.45, 7) is 4.08. The fourth-order valence-electron chi connectivity index (χ4n) is 1.87. The molecule has 3 heteroatoms. The van der Waals surface area contributed by atoms with Crippen molar-refractivity contribution in [2.24, 2.45) is 4.99 Å². The number of halogens is 2. The summed E-state index contributed by atoms with van der Waals surface area (Å²) in [5, 5.41) is 1.48. The Balaban J connectivity index is 2.20. The highest BCUT2D eigenvalue weighted by Gasteiger charge is 2.05. The minimum atomic E-state index is 0.105. The normalized spacial score (nSPS) is 13.4. The molecule has 0 saturated heterocycles. The van der Waals surface area contributed by atoms with Crippen LogP contribution in [-0.4, -0.2) is 5.71 Å². The first-order valence-corrected chi connectivity index (χ1v) is 6.87. The lowest BCUT2D eigenvalue weighted by atomic mass is 10.1. The maximum absolute atomic E-state index is 5.88. The van der Waals surface area contributed by atoms with Crippen LogP contribution >= 0.6 is 23.2 Å². The van der Waals surface area contributed by atoms with E-state index in [9.17, 15) is 0 Å². The van der Waals surface area contributed by atoms with Crippen LogP contribution in [0.15, 0.2) is 53.5 Å². The minimum Gasteiger partial charge on any atom is -0.282 e. The first kappa shape index (κ1) is 14.1. The molecular weight excluding hydrogens is 277 g/mol. The monoisotopic (exact) mass is 291 g/mol. The van der Waals surface area contributed by atoms with Gasteiger partial charge in [0.15, 0.2) is 0 Å². The van der Waals surface area contributed by atoms with Crippen LogP contribution in [0.25, 0.3) is 0 Å². The number of rotatable bonds is 3. The zero-order valence-corrected chi connectivity index (χ0v) is 12.4. The highest BCUT2D eigenvalue weighted by molar-refractivity contribution is 6.30. The average Bonchev–Trinajstić information content (AvgIpc) is 2.40. The van der Waals surface area contributed by atoms with Crippen molar-refractivity contribution in [3.8, 4) is 0 Å². The molecule has 0 aliphatic rings. The number of aliphatic imine (C=N–C) groups is 1. The second-order valence-corrected chi connectivity index (χ2v) is 5.32. The Morgan fingerprint density at radius 1 is 0.895 bits per heavy atom. The van der Waals surface area contributed by atoms with Crippen molar-refractivity contribution in [2.75, 3.05) is 0 Å². The van der Waals surface area contributed by atoms with Gasteiger partial charge in [-0.2, -0.15) is 0 Å². The van der Waals surface area contributed by atoms with Gasteiger partial charge in [0.2, 0.25) is 0 Å². The Hall–Kier alpha value is -1.31. The van der Waals surface area contributed by atoms with Crippen LogP contribution < -0.4 is 0 Å². The van der Waals surface area contributed by atoms with Gasteiger partial charge in [-0.25, -0.2) is 0 Å². The van der Waals surface area contributed by atoms with Crippen LogP contribution in [0.4, 0.5) is 0 Å². The summed E-state index contributed by atoms with van der Waals surface area (Å²) < 4.78 is 0. The van der Waals surface area contributed by atoms with Gasteiger partial charge in [-0.3, -0.25) is 4.99 Å². The smallest absolute Gasteiger partial charge is 0.0724 e. The summed E-state index contributed by atoms with van der Waals surface area (Å²) in [4.78, 5) is 4.71. The van der Waals surface area contributed by atoms with Gasteiger partial charge in [-0.05, 0) is 49.2 Å². The fraction of sp³-hybridized carbons (Fsp3) is 0.188. The fourth-order valence-corrected chi connectivity index (χ4v) is 2.12. The van der Waals surface area contributed by atoms with Gasteiger partial charge in [0.1, 0.15) is 0 Å². The van der Waals surface area contributed by atoms with Gasteiger partial charge in [0.05, 0.1) is 6.04 Å². The van der Waals surface area contributed by atoms with E-state index in [0.717, 1.165) is 26.9 Å². The van der Waals surface area contributed by atoms with Gasteiger partial charge < -0.3 is 0 Å². The van der Waals surface area contributed by atoms with Gasteiger partial charge in [0, 0.05) is 15.8 Å². The molecular formula is C16H15Cl2N. The summed E-state index contributed by atoms with van der Waals surface area (Å²) in [6, 6.07) is 15.6. The van der Waals surface area contributed by atoms with E-state index in [0.29, 0.717) is 0 Å². The van der Waals surface area contributed by atoms with E-state index < -0.39 is 0 Å². The van der Waals surface area contributed by atoms with Gasteiger partial charge >= 0.3 is 0 Å². The van der Waals surface area contributed by atoms with E-state index in [1.165, 1.54) is 0 Å². The van der Waals surface area contributed by atoms with Gasteiger partial charge in [-0.1, -0.05) is 47.5 Å². The first-order valence-electron chi connectivity index (χ1n) is 6.12. The SMILES string of the molecule is C/C(=N/C(C)c1ccc(Cl)cc1)c1ccc(Cl)cc1. The molecule has 1 atom stereocenters. The Labute approximate surface area is 123 Å². The van der Waals surface area contributed by atoms with Gasteiger partial charge in [-0.15, -0.1) is 0 Å². The molecule has 1 unspecified atom stereocenters. The number of hydrogen-bond donors (Lipinski definition) is 0. The summed E-state index contributed by atoms with van der Waals surface area (Å²) in [5.41, 5.74) is 3.24. The predicted molar refractivity (Wildman–Crippen MR) is 83.5 cm³/mol. The lowest BCUT2D eigenvalue weighted by molar-refractivity contribution is 0.820. The molecule has 0 amide bonds. The van der Waals surface area contributed by atoms with E-state index in [1.54, 1.807) is 0 Å². The first-order chi connectivity index (χ1) is 9.06. The molecule has 0 heterocycles. The van der Waals surface area contributed by atoms with Crippen molar-refractivity contribution >= 4 is 28.9 Å². The second kappa shape index (κ2) is 6.23. The number of benzene rings is 2. The molecule has 0 aromatic heterocycles. The van der Waals surface area contributed by atoms with Crippen LogP contribution in [-0.2, 0) is 0 Å². The second-order valence-electron chi connectivity index (χ2n) is 4.45. The minimum absolute atomic E-state index is 0.105. The molecule has 0 radical (unpaired) electrons. The van der Waals surface area contributed by atoms with E-state index in [2.05, 4.69) is 6.92 Å². The highest BCUT2D eigenvalue weighted by Crippen LogP contribution is 2.20. The molecule has 2 aromatic carbocycles. The van der Waals surface area contributed by atoms with Crippen molar-refractivity contribution in [1.29, 1.82) is 0 Å². The summed E-state index contributed by atoms with van der Waals surface area (Å²) in [7, 11) is 0. The molecule has 0 aliphatic carbocycles. The Kier molecular flexibility index (Phi) is 4.62. The standard InChI is InChI=1S/C16H15Cl2N/c1-11(13-3-7-15(17)8-4-13)19-12(2)14-5-9-16(18)10-6-14/h3-11H,1-2H3/b19-12-. The predicted octanol–water partition coefficient (Wildman–Crippen LogP) is 5.56. The molecule has 2 aromatic rings. The van der Waals surface area contributed by atoms with Crippen LogP contribution in [0.1, 0.15) is 31.0 Å². The van der Waals surface area contributed by atoms with Crippen molar-refractivity contribution in [3.05, 3.63) is 69.7 Å². The Morgan fingerprint density at radius 3 is 1.89 bits per heavy atom. The lowest BCUT2D eigenvalue weighted by Gasteiger charge is -2.09. The molecule has 98 valence electrons. The molecule has 0 spiro atoms. The van der Waals surface area contributed by atoms with Crippen LogP contribution in [0.5, 0.6) is 0 Å². The number of nitrogens with zero attached hydrogens (tertiary/aromatic N) is 1. The van der Waals surface area contributed by atoms with E-state index in [-0.39, 0.29) is 6.04 Å². The molecule has 19 heavy (non-hydrogen) atoms. The van der Waals surface area contributed by atoms with E-state index >= 15 is 0 Å². The zero-order valence-electron chi connectivity index (χ0n) is 10.9. The third kappa shape index (κ3) is 3.82. The Morgan fingerprint density at radius 2 is 1.37 bits per heavy atom. The van der Waals surface area contributed by atoms with Crippen molar-refractivity contribution in [2.45, 2.75) is 19.9 Å². The maximum atomic E-state index is 5.88. The van der Waals surface area contributed by atoms with Crippen LogP contribution in [0.3, 0.4) is 0 Å². The lowest BCUT2D eigenvalue weighted by Crippen LogP contribution is -1.98. The summed E-state index contributed by atoms with van der Waals surface area (Å²) >= 11 is 11.8. The molecule has 0 fully saturated rings. The molecule has 0 aliphatic heterocycles. The molecule has 0 N–H and O–H groups in total. The third-order valence-corrected chi connectivity index (χ3v) is 3.51.